The van der Waals surface area contributed by atoms with Gasteiger partial charge in [-0.15, -0.1) is 0 Å². The minimum absolute atomic E-state index is 0.110. The Balaban J connectivity index is 1.57. The summed E-state index contributed by atoms with van der Waals surface area (Å²) >= 11 is 0. The van der Waals surface area contributed by atoms with E-state index in [1.807, 2.05) is 37.3 Å². The van der Waals surface area contributed by atoms with Crippen molar-refractivity contribution in [2.45, 2.75) is 19.8 Å². The van der Waals surface area contributed by atoms with E-state index in [1.54, 1.807) is 24.3 Å². The molecule has 5 nitrogen and oxygen atoms in total. The van der Waals surface area contributed by atoms with E-state index >= 15 is 0 Å². The second-order valence-electron chi connectivity index (χ2n) is 6.13. The Morgan fingerprint density at radius 1 is 1.04 bits per heavy atom. The monoisotopic (exact) mass is 333 g/mol. The number of nitriles is 1. The van der Waals surface area contributed by atoms with E-state index in [0.29, 0.717) is 17.7 Å². The lowest BCUT2D eigenvalue weighted by Crippen LogP contribution is -2.21. The van der Waals surface area contributed by atoms with Gasteiger partial charge in [-0.3, -0.25) is 9.59 Å². The van der Waals surface area contributed by atoms with Crippen molar-refractivity contribution in [3.05, 3.63) is 59.7 Å². The Kier molecular flexibility index (Phi) is 4.80. The first-order valence-electron chi connectivity index (χ1n) is 8.32. The highest BCUT2D eigenvalue weighted by molar-refractivity contribution is 6.03. The van der Waals surface area contributed by atoms with Gasteiger partial charge in [-0.2, -0.15) is 5.26 Å². The van der Waals surface area contributed by atoms with Gasteiger partial charge in [-0.1, -0.05) is 25.1 Å². The van der Waals surface area contributed by atoms with Gasteiger partial charge in [0.2, 0.25) is 11.8 Å². The number of nitrogens with one attached hydrogen (secondary N) is 2. The number of nitrogens with zero attached hydrogens (tertiary/aromatic N) is 1. The van der Waals surface area contributed by atoms with Crippen molar-refractivity contribution < 1.29 is 9.59 Å². The lowest BCUT2D eigenvalue weighted by Gasteiger charge is -2.09. The van der Waals surface area contributed by atoms with Crippen LogP contribution in [0.1, 0.15) is 24.5 Å². The second kappa shape index (κ2) is 7.18. The fourth-order valence-corrected chi connectivity index (χ4v) is 2.81. The molecule has 126 valence electrons. The van der Waals surface area contributed by atoms with E-state index < -0.39 is 0 Å². The molecule has 2 N–H and O–H groups in total. The highest BCUT2D eigenvalue weighted by Gasteiger charge is 2.48. The highest BCUT2D eigenvalue weighted by Crippen LogP contribution is 2.40. The maximum absolute atomic E-state index is 12.4. The normalized spacial score (nSPS) is 18.1. The zero-order chi connectivity index (χ0) is 17.8. The number of carbonyl (C=O) groups is 2. The van der Waals surface area contributed by atoms with Gasteiger partial charge in [0.25, 0.3) is 0 Å². The number of para-hydroxylation sites is 1. The summed E-state index contributed by atoms with van der Waals surface area (Å²) in [4.78, 5) is 24.6. The van der Waals surface area contributed by atoms with Crippen molar-refractivity contribution in [2.75, 3.05) is 10.6 Å². The fourth-order valence-electron chi connectivity index (χ4n) is 2.81. The van der Waals surface area contributed by atoms with Gasteiger partial charge in [-0.25, -0.2) is 0 Å². The lowest BCUT2D eigenvalue weighted by molar-refractivity contribution is -0.122. The zero-order valence-corrected chi connectivity index (χ0v) is 14.0. The van der Waals surface area contributed by atoms with Crippen molar-refractivity contribution in [1.29, 1.82) is 5.26 Å². The molecule has 1 aliphatic rings. The van der Waals surface area contributed by atoms with Crippen LogP contribution in [0.2, 0.25) is 0 Å². The Hall–Kier alpha value is -3.13. The molecular weight excluding hydrogens is 314 g/mol. The molecule has 2 amide bonds. The van der Waals surface area contributed by atoms with Gasteiger partial charge in [0.1, 0.15) is 0 Å². The third-order valence-electron chi connectivity index (χ3n) is 4.40. The average molecular weight is 333 g/mol. The summed E-state index contributed by atoms with van der Waals surface area (Å²) in [6, 6.07) is 16.4. The van der Waals surface area contributed by atoms with Gasteiger partial charge in [0.05, 0.1) is 23.5 Å². The van der Waals surface area contributed by atoms with Gasteiger partial charge in [-0.05, 0) is 48.7 Å². The van der Waals surface area contributed by atoms with Crippen LogP contribution in [0, 0.1) is 23.2 Å². The maximum atomic E-state index is 12.4. The van der Waals surface area contributed by atoms with Crippen LogP contribution in [-0.2, 0) is 16.0 Å². The molecule has 2 aromatic carbocycles. The van der Waals surface area contributed by atoms with E-state index in [9.17, 15) is 9.59 Å². The molecule has 0 radical (unpaired) electrons. The van der Waals surface area contributed by atoms with Crippen molar-refractivity contribution >= 4 is 23.2 Å². The van der Waals surface area contributed by atoms with Crippen LogP contribution >= 0.6 is 0 Å². The molecule has 0 heterocycles. The molecule has 1 saturated carbocycles. The lowest BCUT2D eigenvalue weighted by atomic mass is 10.1. The highest BCUT2D eigenvalue weighted by atomic mass is 16.2. The fraction of sp³-hybridized carbons (Fsp3) is 0.250. The number of aryl methyl sites for hydroxylation is 1. The summed E-state index contributed by atoms with van der Waals surface area (Å²) in [5.74, 6) is -0.859. The quantitative estimate of drug-likeness (QED) is 0.880. The average Bonchev–Trinajstić information content (AvgIpc) is 3.44. The standard InChI is InChI=1S/C20H19N3O2/c1-2-14-5-3-4-6-18(14)23-20(25)17-11-16(17)19(24)22-15-9-7-13(12-21)8-10-15/h3-10,16-17H,2,11H2,1H3,(H,22,24)(H,23,25). The number of anilines is 2. The molecule has 0 bridgehead atoms. The molecule has 0 saturated heterocycles. The minimum atomic E-state index is -0.301. The number of amides is 2. The predicted octanol–water partition coefficient (Wildman–Crippen LogP) is 3.33. The first kappa shape index (κ1) is 16.7. The SMILES string of the molecule is CCc1ccccc1NC(=O)C1CC1C(=O)Nc1ccc(C#N)cc1. The van der Waals surface area contributed by atoms with Gasteiger partial charge < -0.3 is 10.6 Å². The third-order valence-corrected chi connectivity index (χ3v) is 4.40. The van der Waals surface area contributed by atoms with Crippen LogP contribution < -0.4 is 10.6 Å². The van der Waals surface area contributed by atoms with E-state index in [4.69, 9.17) is 5.26 Å². The first-order valence-corrected chi connectivity index (χ1v) is 8.32. The van der Waals surface area contributed by atoms with Gasteiger partial charge in [0, 0.05) is 11.4 Å². The Bertz CT molecular complexity index is 837. The Morgan fingerprint density at radius 2 is 1.68 bits per heavy atom. The number of benzene rings is 2. The first-order chi connectivity index (χ1) is 12.1. The van der Waals surface area contributed by atoms with E-state index in [-0.39, 0.29) is 23.7 Å². The van der Waals surface area contributed by atoms with E-state index in [1.165, 1.54) is 0 Å². The largest absolute Gasteiger partial charge is 0.326 e. The molecule has 3 rings (SSSR count). The molecule has 2 atom stereocenters. The number of hydrogen-bond acceptors (Lipinski definition) is 3. The van der Waals surface area contributed by atoms with Crippen molar-refractivity contribution in [2.24, 2.45) is 11.8 Å². The molecule has 0 aromatic heterocycles. The topological polar surface area (TPSA) is 82.0 Å². The van der Waals surface area contributed by atoms with Crippen molar-refractivity contribution in [1.82, 2.24) is 0 Å². The summed E-state index contributed by atoms with van der Waals surface area (Å²) in [6.07, 6.45) is 1.39. The van der Waals surface area contributed by atoms with Crippen molar-refractivity contribution in [3.8, 4) is 6.07 Å². The molecule has 25 heavy (non-hydrogen) atoms. The van der Waals surface area contributed by atoms with Crippen LogP contribution in [0.3, 0.4) is 0 Å². The predicted molar refractivity (Wildman–Crippen MR) is 95.8 cm³/mol. The van der Waals surface area contributed by atoms with Crippen LogP contribution in [0.15, 0.2) is 48.5 Å². The molecule has 5 heteroatoms. The molecule has 2 aromatic rings. The molecule has 0 aliphatic heterocycles. The molecule has 2 unspecified atom stereocenters. The van der Waals surface area contributed by atoms with Crippen LogP contribution in [0.5, 0.6) is 0 Å². The van der Waals surface area contributed by atoms with Crippen LogP contribution in [0.25, 0.3) is 0 Å². The molecule has 1 fully saturated rings. The van der Waals surface area contributed by atoms with E-state index in [2.05, 4.69) is 10.6 Å². The third kappa shape index (κ3) is 3.86. The summed E-state index contributed by atoms with van der Waals surface area (Å²) < 4.78 is 0. The molecular formula is C20H19N3O2. The van der Waals surface area contributed by atoms with Gasteiger partial charge in [0.15, 0.2) is 0 Å². The maximum Gasteiger partial charge on any atom is 0.228 e. The summed E-state index contributed by atoms with van der Waals surface area (Å²) in [5, 5.41) is 14.5. The zero-order valence-electron chi connectivity index (χ0n) is 14.0. The summed E-state index contributed by atoms with van der Waals surface area (Å²) in [6.45, 7) is 2.04. The second-order valence-corrected chi connectivity index (χ2v) is 6.13. The summed E-state index contributed by atoms with van der Waals surface area (Å²) in [7, 11) is 0. The van der Waals surface area contributed by atoms with Gasteiger partial charge >= 0.3 is 0 Å². The minimum Gasteiger partial charge on any atom is -0.326 e. The van der Waals surface area contributed by atoms with Crippen LogP contribution in [0.4, 0.5) is 11.4 Å². The number of hydrogen-bond donors (Lipinski definition) is 2. The van der Waals surface area contributed by atoms with Crippen molar-refractivity contribution in [3.63, 3.8) is 0 Å². The molecule has 1 aliphatic carbocycles. The van der Waals surface area contributed by atoms with Crippen LogP contribution in [-0.4, -0.2) is 11.8 Å². The number of carbonyl (C=O) groups excluding carboxylic acids is 2. The van der Waals surface area contributed by atoms with E-state index in [0.717, 1.165) is 17.7 Å². The smallest absolute Gasteiger partial charge is 0.228 e. The summed E-state index contributed by atoms with van der Waals surface area (Å²) in [5.41, 5.74) is 3.06. The molecule has 0 spiro atoms. The Labute approximate surface area is 146 Å². The number of rotatable bonds is 5. The Morgan fingerprint density at radius 3 is 2.32 bits per heavy atom.